The molecular formula is C43H62O5. The van der Waals surface area contributed by atoms with Crippen LogP contribution in [0.5, 0.6) is 0 Å². The number of unbranched alkanes of at least 4 members (excludes halogenated alkanes) is 2. The average molecular weight is 659 g/mol. The lowest BCUT2D eigenvalue weighted by Gasteiger charge is -2.34. The highest BCUT2D eigenvalue weighted by Gasteiger charge is 2.29. The third-order valence-electron chi connectivity index (χ3n) is 11.2. The van der Waals surface area contributed by atoms with Gasteiger partial charge in [-0.1, -0.05) is 102 Å². The second-order valence-corrected chi connectivity index (χ2v) is 15.0. The van der Waals surface area contributed by atoms with Crippen LogP contribution in [0.4, 0.5) is 0 Å². The molecule has 2 aliphatic carbocycles. The van der Waals surface area contributed by atoms with E-state index < -0.39 is 12.6 Å². The first-order chi connectivity index (χ1) is 23.3. The van der Waals surface area contributed by atoms with Crippen molar-refractivity contribution in [1.82, 2.24) is 0 Å². The summed E-state index contributed by atoms with van der Waals surface area (Å²) in [5.41, 5.74) is 6.04. The average Bonchev–Trinajstić information content (AvgIpc) is 3.12. The molecule has 2 aromatic carbocycles. The van der Waals surface area contributed by atoms with Gasteiger partial charge in [0.15, 0.2) is 0 Å². The van der Waals surface area contributed by atoms with Crippen molar-refractivity contribution >= 4 is 11.9 Å². The minimum atomic E-state index is -0.561. The summed E-state index contributed by atoms with van der Waals surface area (Å²) in [7, 11) is 0. The molecule has 4 rings (SSSR count). The summed E-state index contributed by atoms with van der Waals surface area (Å²) >= 11 is 0. The SMILES string of the molecule is C=C(CO)C(=O)OCC[C@@H](COC(=O)C(C)C)C1CCC(CCc2ccc(C3CCC(c4ccc(CCCCC)cc4)CC3)cc2)CC1. The Morgan fingerprint density at radius 2 is 1.35 bits per heavy atom. The van der Waals surface area contributed by atoms with Gasteiger partial charge in [-0.05, 0) is 122 Å². The molecule has 0 unspecified atom stereocenters. The zero-order chi connectivity index (χ0) is 34.3. The van der Waals surface area contributed by atoms with Crippen molar-refractivity contribution in [2.24, 2.45) is 23.7 Å². The van der Waals surface area contributed by atoms with Crippen molar-refractivity contribution in [1.29, 1.82) is 0 Å². The molecule has 0 bridgehead atoms. The second-order valence-electron chi connectivity index (χ2n) is 15.0. The smallest absolute Gasteiger partial charge is 0.335 e. The standard InChI is InChI=1S/C43H62O5/c1-5-6-7-8-33-11-17-36(18-12-33)38-23-25-39(26-24-38)37-19-13-34(14-20-37)9-10-35-15-21-40(22-16-35)41(30-48-42(45)31(2)3)27-28-47-43(46)32(4)29-44/h11-14,17-20,31,35,38-41,44H,4-10,15-16,21-30H2,1-3H3/t35?,38?,39?,40?,41-/m0/s1. The van der Waals surface area contributed by atoms with E-state index in [1.807, 2.05) is 13.8 Å². The minimum Gasteiger partial charge on any atom is -0.465 e. The van der Waals surface area contributed by atoms with Gasteiger partial charge < -0.3 is 14.6 Å². The molecule has 1 atom stereocenters. The number of aliphatic hydroxyl groups excluding tert-OH is 1. The number of esters is 2. The van der Waals surface area contributed by atoms with Gasteiger partial charge in [0.1, 0.15) is 0 Å². The molecule has 0 aromatic heterocycles. The van der Waals surface area contributed by atoms with Gasteiger partial charge >= 0.3 is 11.9 Å². The van der Waals surface area contributed by atoms with Crippen LogP contribution in [0.25, 0.3) is 0 Å². The summed E-state index contributed by atoms with van der Waals surface area (Å²) in [6.45, 7) is 9.71. The summed E-state index contributed by atoms with van der Waals surface area (Å²) in [5, 5.41) is 9.13. The number of aryl methyl sites for hydroxylation is 2. The van der Waals surface area contributed by atoms with Gasteiger partial charge in [-0.15, -0.1) is 0 Å². The van der Waals surface area contributed by atoms with E-state index in [1.54, 1.807) is 0 Å². The molecule has 1 N–H and O–H groups in total. The zero-order valence-corrected chi connectivity index (χ0v) is 30.1. The van der Waals surface area contributed by atoms with Crippen molar-refractivity contribution in [2.75, 3.05) is 19.8 Å². The lowest BCUT2D eigenvalue weighted by molar-refractivity contribution is -0.150. The Morgan fingerprint density at radius 3 is 1.88 bits per heavy atom. The van der Waals surface area contributed by atoms with Gasteiger partial charge in [0.25, 0.3) is 0 Å². The molecule has 2 aromatic rings. The fourth-order valence-electron chi connectivity index (χ4n) is 7.85. The first-order valence-corrected chi connectivity index (χ1v) is 19.1. The Bertz CT molecular complexity index is 1250. The highest BCUT2D eigenvalue weighted by atomic mass is 16.5. The fourth-order valence-corrected chi connectivity index (χ4v) is 7.85. The number of carbonyl (C=O) groups excluding carboxylic acids is 2. The van der Waals surface area contributed by atoms with Gasteiger partial charge in [-0.25, -0.2) is 4.79 Å². The van der Waals surface area contributed by atoms with E-state index in [4.69, 9.17) is 14.6 Å². The molecule has 0 spiro atoms. The predicted molar refractivity (Wildman–Crippen MR) is 195 cm³/mol. The Kier molecular flexibility index (Phi) is 15.7. The molecule has 5 nitrogen and oxygen atoms in total. The quantitative estimate of drug-likeness (QED) is 0.0981. The van der Waals surface area contributed by atoms with E-state index in [1.165, 1.54) is 92.9 Å². The highest BCUT2D eigenvalue weighted by Crippen LogP contribution is 2.41. The van der Waals surface area contributed by atoms with Crippen LogP contribution in [0.3, 0.4) is 0 Å². The third kappa shape index (κ3) is 11.9. The summed E-state index contributed by atoms with van der Waals surface area (Å²) in [5.74, 6) is 1.81. The molecule has 5 heteroatoms. The summed E-state index contributed by atoms with van der Waals surface area (Å²) < 4.78 is 11.0. The largest absolute Gasteiger partial charge is 0.465 e. The van der Waals surface area contributed by atoms with E-state index >= 15 is 0 Å². The zero-order valence-electron chi connectivity index (χ0n) is 30.1. The maximum Gasteiger partial charge on any atom is 0.335 e. The lowest BCUT2D eigenvalue weighted by Crippen LogP contribution is -2.28. The molecule has 2 aliphatic rings. The highest BCUT2D eigenvalue weighted by molar-refractivity contribution is 5.87. The van der Waals surface area contributed by atoms with Crippen molar-refractivity contribution in [2.45, 2.75) is 129 Å². The predicted octanol–water partition coefficient (Wildman–Crippen LogP) is 9.90. The van der Waals surface area contributed by atoms with E-state index in [9.17, 15) is 9.59 Å². The van der Waals surface area contributed by atoms with E-state index in [0.717, 1.165) is 19.3 Å². The van der Waals surface area contributed by atoms with Crippen LogP contribution in [-0.2, 0) is 31.9 Å². The Labute approximate surface area is 290 Å². The molecule has 0 heterocycles. The summed E-state index contributed by atoms with van der Waals surface area (Å²) in [6, 6.07) is 19.1. The van der Waals surface area contributed by atoms with Crippen LogP contribution in [0.1, 0.15) is 138 Å². The van der Waals surface area contributed by atoms with E-state index in [2.05, 4.69) is 62.0 Å². The monoisotopic (exact) mass is 658 g/mol. The number of hydrogen-bond acceptors (Lipinski definition) is 5. The molecule has 0 radical (unpaired) electrons. The number of aliphatic hydroxyl groups is 1. The Hall–Kier alpha value is -2.92. The number of hydrogen-bond donors (Lipinski definition) is 1. The molecule has 2 fully saturated rings. The van der Waals surface area contributed by atoms with E-state index in [0.29, 0.717) is 36.7 Å². The molecule has 48 heavy (non-hydrogen) atoms. The Morgan fingerprint density at radius 1 is 0.792 bits per heavy atom. The topological polar surface area (TPSA) is 72.8 Å². The van der Waals surface area contributed by atoms with Gasteiger partial charge in [-0.3, -0.25) is 4.79 Å². The third-order valence-corrected chi connectivity index (χ3v) is 11.2. The van der Waals surface area contributed by atoms with Gasteiger partial charge in [-0.2, -0.15) is 0 Å². The normalized spacial score (nSPS) is 21.9. The van der Waals surface area contributed by atoms with Crippen molar-refractivity contribution in [3.05, 3.63) is 82.9 Å². The van der Waals surface area contributed by atoms with Crippen molar-refractivity contribution < 1.29 is 24.2 Å². The first-order valence-electron chi connectivity index (χ1n) is 19.1. The lowest BCUT2D eigenvalue weighted by atomic mass is 9.73. The van der Waals surface area contributed by atoms with Crippen molar-refractivity contribution in [3.63, 3.8) is 0 Å². The molecule has 0 saturated heterocycles. The van der Waals surface area contributed by atoms with E-state index in [-0.39, 0.29) is 30.0 Å². The maximum atomic E-state index is 12.2. The van der Waals surface area contributed by atoms with Crippen molar-refractivity contribution in [3.8, 4) is 0 Å². The number of ether oxygens (including phenoxy) is 2. The fraction of sp³-hybridized carbons (Fsp3) is 0.628. The molecular weight excluding hydrogens is 596 g/mol. The minimum absolute atomic E-state index is 0.0603. The van der Waals surface area contributed by atoms with Gasteiger partial charge in [0.2, 0.25) is 0 Å². The molecule has 264 valence electrons. The van der Waals surface area contributed by atoms with Crippen LogP contribution in [0, 0.1) is 23.7 Å². The van der Waals surface area contributed by atoms with Gasteiger partial charge in [0.05, 0.1) is 31.3 Å². The van der Waals surface area contributed by atoms with Crippen LogP contribution in [-0.4, -0.2) is 36.9 Å². The first kappa shape index (κ1) is 37.9. The second kappa shape index (κ2) is 19.9. The van der Waals surface area contributed by atoms with Crippen LogP contribution < -0.4 is 0 Å². The number of carbonyl (C=O) groups is 2. The maximum absolute atomic E-state index is 12.2. The van der Waals surface area contributed by atoms with Crippen LogP contribution in [0.15, 0.2) is 60.7 Å². The number of rotatable bonds is 18. The van der Waals surface area contributed by atoms with Gasteiger partial charge in [0, 0.05) is 0 Å². The summed E-state index contributed by atoms with van der Waals surface area (Å²) in [6.07, 6.45) is 17.8. The molecule has 0 aliphatic heterocycles. The van der Waals surface area contributed by atoms with Crippen LogP contribution in [0.2, 0.25) is 0 Å². The van der Waals surface area contributed by atoms with Crippen LogP contribution >= 0.6 is 0 Å². The number of benzene rings is 2. The Balaban J connectivity index is 1.18. The molecule has 2 saturated carbocycles. The summed E-state index contributed by atoms with van der Waals surface area (Å²) in [4.78, 5) is 24.1. The molecule has 0 amide bonds.